The Morgan fingerprint density at radius 2 is 2.09 bits per heavy atom. The summed E-state index contributed by atoms with van der Waals surface area (Å²) in [5.41, 5.74) is 2.73. The van der Waals surface area contributed by atoms with E-state index in [1.165, 1.54) is 0 Å². The highest BCUT2D eigenvalue weighted by Gasteiger charge is 2.43. The zero-order chi connectivity index (χ0) is 22.3. The minimum absolute atomic E-state index is 0.170. The molecule has 3 heterocycles. The first-order valence-electron chi connectivity index (χ1n) is 10.3. The van der Waals surface area contributed by atoms with Gasteiger partial charge in [-0.1, -0.05) is 12.1 Å². The summed E-state index contributed by atoms with van der Waals surface area (Å²) in [5.74, 6) is 0.955. The van der Waals surface area contributed by atoms with Gasteiger partial charge in [0, 0.05) is 29.9 Å². The van der Waals surface area contributed by atoms with Crippen molar-refractivity contribution in [1.29, 1.82) is 5.26 Å². The summed E-state index contributed by atoms with van der Waals surface area (Å²) in [6.45, 7) is 1.06. The molecule has 1 aliphatic carbocycles. The van der Waals surface area contributed by atoms with Crippen LogP contribution in [0.4, 0.5) is 5.82 Å². The summed E-state index contributed by atoms with van der Waals surface area (Å²) in [5, 5.41) is 20.9. The number of anilines is 1. The maximum atomic E-state index is 13.3. The van der Waals surface area contributed by atoms with Gasteiger partial charge >= 0.3 is 0 Å². The molecule has 2 N–H and O–H groups in total. The fourth-order valence-corrected chi connectivity index (χ4v) is 4.53. The van der Waals surface area contributed by atoms with Crippen molar-refractivity contribution in [3.05, 3.63) is 58.0 Å². The van der Waals surface area contributed by atoms with Gasteiger partial charge in [0.05, 0.1) is 17.1 Å². The minimum atomic E-state index is -0.174. The molecule has 162 valence electrons. The van der Waals surface area contributed by atoms with Crippen LogP contribution in [0.3, 0.4) is 0 Å². The van der Waals surface area contributed by atoms with E-state index in [1.54, 1.807) is 29.9 Å². The van der Waals surface area contributed by atoms with Gasteiger partial charge in [0.2, 0.25) is 5.88 Å². The van der Waals surface area contributed by atoms with Crippen molar-refractivity contribution >= 4 is 39.4 Å². The molecule has 3 aromatic heterocycles. The quantitative estimate of drug-likeness (QED) is 0.447. The molecule has 0 bridgehead atoms. The molecule has 0 atom stereocenters. The Kier molecular flexibility index (Phi) is 5.02. The number of ether oxygens (including phenoxy) is 1. The van der Waals surface area contributed by atoms with Crippen LogP contribution in [-0.2, 0) is 13.6 Å². The lowest BCUT2D eigenvalue weighted by atomic mass is 10.1. The van der Waals surface area contributed by atoms with Gasteiger partial charge in [-0.3, -0.25) is 9.89 Å². The van der Waals surface area contributed by atoms with Crippen molar-refractivity contribution in [2.75, 3.05) is 18.2 Å². The van der Waals surface area contributed by atoms with E-state index in [4.69, 9.17) is 10.00 Å². The van der Waals surface area contributed by atoms with Crippen LogP contribution in [0.2, 0.25) is 0 Å². The SMILES string of the molecule is CSC1(COc2nccc3c4[nH]nc(NCc5ccc(C#N)cc5)c4c(=O)n(C)c23)CC1. The van der Waals surface area contributed by atoms with Crippen LogP contribution in [0.1, 0.15) is 24.0 Å². The second-order valence-electron chi connectivity index (χ2n) is 8.04. The number of thioether (sulfide) groups is 1. The third-order valence-electron chi connectivity index (χ3n) is 6.04. The summed E-state index contributed by atoms with van der Waals surface area (Å²) < 4.78 is 7.84. The van der Waals surface area contributed by atoms with E-state index in [9.17, 15) is 4.79 Å². The molecule has 1 saturated carbocycles. The molecule has 4 aromatic rings. The van der Waals surface area contributed by atoms with Crippen molar-refractivity contribution in [1.82, 2.24) is 19.7 Å². The van der Waals surface area contributed by atoms with Gasteiger partial charge in [-0.2, -0.15) is 22.1 Å². The van der Waals surface area contributed by atoms with Crippen LogP contribution in [0.5, 0.6) is 5.88 Å². The minimum Gasteiger partial charge on any atom is -0.475 e. The number of hydrogen-bond donors (Lipinski definition) is 2. The molecule has 0 radical (unpaired) electrons. The number of nitrogens with zero attached hydrogens (tertiary/aromatic N) is 4. The van der Waals surface area contributed by atoms with Crippen molar-refractivity contribution < 1.29 is 4.74 Å². The third kappa shape index (κ3) is 3.46. The lowest BCUT2D eigenvalue weighted by molar-refractivity contribution is 0.302. The van der Waals surface area contributed by atoms with Crippen LogP contribution in [0.25, 0.3) is 21.8 Å². The third-order valence-corrected chi connectivity index (χ3v) is 7.43. The van der Waals surface area contributed by atoms with Crippen LogP contribution in [-0.4, -0.2) is 37.4 Å². The number of aryl methyl sites for hydroxylation is 1. The molecule has 0 aliphatic heterocycles. The van der Waals surface area contributed by atoms with E-state index >= 15 is 0 Å². The van der Waals surface area contributed by atoms with E-state index in [0.717, 1.165) is 23.8 Å². The second-order valence-corrected chi connectivity index (χ2v) is 9.31. The summed E-state index contributed by atoms with van der Waals surface area (Å²) in [4.78, 5) is 17.7. The summed E-state index contributed by atoms with van der Waals surface area (Å²) in [7, 11) is 1.73. The molecule has 9 heteroatoms. The largest absolute Gasteiger partial charge is 0.475 e. The monoisotopic (exact) mass is 446 g/mol. The molecule has 0 spiro atoms. The Bertz CT molecular complexity index is 1410. The normalized spacial score (nSPS) is 14.4. The van der Waals surface area contributed by atoms with Crippen LogP contribution < -0.4 is 15.6 Å². The lowest BCUT2D eigenvalue weighted by Gasteiger charge is -2.15. The first kappa shape index (κ1) is 20.4. The zero-order valence-corrected chi connectivity index (χ0v) is 18.6. The predicted molar refractivity (Wildman–Crippen MR) is 126 cm³/mol. The van der Waals surface area contributed by atoms with Gasteiger partial charge in [0.15, 0.2) is 5.82 Å². The highest BCUT2D eigenvalue weighted by Crippen LogP contribution is 2.47. The summed E-state index contributed by atoms with van der Waals surface area (Å²) >= 11 is 1.82. The molecule has 32 heavy (non-hydrogen) atoms. The molecule has 1 fully saturated rings. The first-order valence-corrected chi connectivity index (χ1v) is 11.5. The fraction of sp³-hybridized carbons (Fsp3) is 0.304. The standard InChI is InChI=1S/C23H22N6O2S/c1-29-19-16(7-10-25-21(19)31-13-23(32-2)8-9-23)18-17(22(29)30)20(28-27-18)26-12-15-5-3-14(11-24)4-6-15/h3-7,10H,8-9,12-13H2,1-2H3,(H2,26,27,28). The topological polar surface area (TPSA) is 109 Å². The maximum absolute atomic E-state index is 13.3. The van der Waals surface area contributed by atoms with Gasteiger partial charge in [-0.25, -0.2) is 4.98 Å². The van der Waals surface area contributed by atoms with Crippen LogP contribution in [0, 0.1) is 11.3 Å². The van der Waals surface area contributed by atoms with Gasteiger partial charge < -0.3 is 14.6 Å². The number of H-pyrrole nitrogens is 1. The Morgan fingerprint density at radius 3 is 2.78 bits per heavy atom. The molecule has 8 nitrogen and oxygen atoms in total. The Morgan fingerprint density at radius 1 is 1.31 bits per heavy atom. The van der Waals surface area contributed by atoms with E-state index in [2.05, 4.69) is 32.8 Å². The highest BCUT2D eigenvalue weighted by atomic mass is 32.2. The number of rotatable bonds is 7. The number of pyridine rings is 2. The highest BCUT2D eigenvalue weighted by molar-refractivity contribution is 8.00. The number of aromatic amines is 1. The number of nitriles is 1. The number of fused-ring (bicyclic) bond motifs is 3. The Balaban J connectivity index is 1.50. The molecule has 0 unspecified atom stereocenters. The van der Waals surface area contributed by atoms with Crippen molar-refractivity contribution in [2.45, 2.75) is 24.1 Å². The van der Waals surface area contributed by atoms with E-state index in [0.29, 0.717) is 46.8 Å². The molecule has 5 rings (SSSR count). The van der Waals surface area contributed by atoms with E-state index in [-0.39, 0.29) is 10.3 Å². The van der Waals surface area contributed by atoms with Gasteiger partial charge in [-0.05, 0) is 42.9 Å². The van der Waals surface area contributed by atoms with Gasteiger partial charge in [0.1, 0.15) is 17.5 Å². The first-order chi connectivity index (χ1) is 15.5. The van der Waals surface area contributed by atoms with E-state index < -0.39 is 0 Å². The summed E-state index contributed by atoms with van der Waals surface area (Å²) in [6.07, 6.45) is 6.07. The van der Waals surface area contributed by atoms with Crippen molar-refractivity contribution in [3.8, 4) is 11.9 Å². The number of aromatic nitrogens is 4. The molecular weight excluding hydrogens is 424 g/mol. The zero-order valence-electron chi connectivity index (χ0n) is 17.8. The van der Waals surface area contributed by atoms with Crippen molar-refractivity contribution in [3.63, 3.8) is 0 Å². The van der Waals surface area contributed by atoms with Crippen molar-refractivity contribution in [2.24, 2.45) is 7.05 Å². The predicted octanol–water partition coefficient (Wildman–Crippen LogP) is 3.57. The van der Waals surface area contributed by atoms with Crippen LogP contribution in [0.15, 0.2) is 41.3 Å². The second kappa shape index (κ2) is 7.88. The maximum Gasteiger partial charge on any atom is 0.264 e. The van der Waals surface area contributed by atoms with E-state index in [1.807, 2.05) is 30.0 Å². The molecule has 1 aliphatic rings. The van der Waals surface area contributed by atoms with Gasteiger partial charge in [0.25, 0.3) is 5.56 Å². The van der Waals surface area contributed by atoms with Crippen LogP contribution >= 0.6 is 11.8 Å². The number of nitrogens with one attached hydrogen (secondary N) is 2. The molecule has 1 aromatic carbocycles. The summed E-state index contributed by atoms with van der Waals surface area (Å²) in [6, 6.07) is 11.3. The molecule has 0 saturated heterocycles. The number of hydrogen-bond acceptors (Lipinski definition) is 7. The van der Waals surface area contributed by atoms with Gasteiger partial charge in [-0.15, -0.1) is 0 Å². The Labute approximate surface area is 188 Å². The lowest BCUT2D eigenvalue weighted by Crippen LogP contribution is -2.20. The molecular formula is C23H22N6O2S. The fourth-order valence-electron chi connectivity index (χ4n) is 3.84. The number of benzene rings is 1. The Hall–Kier alpha value is -3.51. The smallest absolute Gasteiger partial charge is 0.264 e. The molecule has 0 amide bonds. The average Bonchev–Trinajstić information content (AvgIpc) is 3.49. The average molecular weight is 447 g/mol.